The lowest BCUT2D eigenvalue weighted by Gasteiger charge is -2.19. The van der Waals surface area contributed by atoms with E-state index in [1.807, 2.05) is 0 Å². The minimum absolute atomic E-state index is 0.00796. The lowest BCUT2D eigenvalue weighted by atomic mass is 10.2. The van der Waals surface area contributed by atoms with Crippen LogP contribution in [-0.4, -0.2) is 23.1 Å². The fourth-order valence-electron chi connectivity index (χ4n) is 0.837. The van der Waals surface area contributed by atoms with Gasteiger partial charge < -0.3 is 9.47 Å². The first-order chi connectivity index (χ1) is 6.70. The fourth-order valence-corrected chi connectivity index (χ4v) is 0.936. The van der Waals surface area contributed by atoms with Crippen LogP contribution in [0.25, 0.3) is 0 Å². The molecular formula is C10H17ClO4. The van der Waals surface area contributed by atoms with Gasteiger partial charge in [-0.05, 0) is 27.7 Å². The van der Waals surface area contributed by atoms with Crippen LogP contribution in [0.1, 0.15) is 40.5 Å². The number of alkyl halides is 1. The molecule has 5 heteroatoms. The molecule has 0 saturated heterocycles. The average Bonchev–Trinajstić information content (AvgIpc) is 1.96. The molecular weight excluding hydrogens is 220 g/mol. The van der Waals surface area contributed by atoms with Crippen molar-refractivity contribution in [1.29, 1.82) is 0 Å². The third-order valence-corrected chi connectivity index (χ3v) is 1.34. The van der Waals surface area contributed by atoms with Crippen molar-refractivity contribution in [3.05, 3.63) is 0 Å². The van der Waals surface area contributed by atoms with Gasteiger partial charge in [-0.1, -0.05) is 11.6 Å². The Morgan fingerprint density at radius 1 is 1.20 bits per heavy atom. The van der Waals surface area contributed by atoms with Crippen LogP contribution in [0, 0.1) is 0 Å². The first kappa shape index (κ1) is 14.2. The van der Waals surface area contributed by atoms with Crippen molar-refractivity contribution in [2.45, 2.75) is 51.7 Å². The van der Waals surface area contributed by atoms with Crippen molar-refractivity contribution in [2.75, 3.05) is 0 Å². The highest BCUT2D eigenvalue weighted by atomic mass is 35.5. The summed E-state index contributed by atoms with van der Waals surface area (Å²) < 4.78 is 9.66. The molecule has 0 amide bonds. The molecule has 15 heavy (non-hydrogen) atoms. The maximum atomic E-state index is 11.2. The number of hydrogen-bond acceptors (Lipinski definition) is 4. The first-order valence-electron chi connectivity index (χ1n) is 4.76. The molecule has 0 aromatic rings. The van der Waals surface area contributed by atoms with E-state index in [4.69, 9.17) is 16.3 Å². The van der Waals surface area contributed by atoms with Crippen LogP contribution in [0.4, 0.5) is 0 Å². The Bertz CT molecular complexity index is 230. The SMILES string of the molecule is CC(Cl)OC(=O)CCC(=O)OC(C)(C)C. The Kier molecular flexibility index (Phi) is 5.65. The van der Waals surface area contributed by atoms with Gasteiger partial charge in [-0.25, -0.2) is 0 Å². The van der Waals surface area contributed by atoms with Crippen LogP contribution in [-0.2, 0) is 19.1 Å². The van der Waals surface area contributed by atoms with Crippen LogP contribution in [0.2, 0.25) is 0 Å². The summed E-state index contributed by atoms with van der Waals surface area (Å²) in [6, 6.07) is 0. The Balaban J connectivity index is 3.77. The van der Waals surface area contributed by atoms with Crippen molar-refractivity contribution in [1.82, 2.24) is 0 Å². The molecule has 0 aliphatic heterocycles. The molecule has 0 aliphatic carbocycles. The molecule has 0 spiro atoms. The van der Waals surface area contributed by atoms with Crippen LogP contribution in [0.5, 0.6) is 0 Å². The molecule has 88 valence electrons. The van der Waals surface area contributed by atoms with E-state index in [2.05, 4.69) is 4.74 Å². The van der Waals surface area contributed by atoms with Gasteiger partial charge >= 0.3 is 11.9 Å². The van der Waals surface area contributed by atoms with Crippen molar-refractivity contribution >= 4 is 23.5 Å². The van der Waals surface area contributed by atoms with Crippen LogP contribution < -0.4 is 0 Å². The molecule has 0 rings (SSSR count). The summed E-state index contributed by atoms with van der Waals surface area (Å²) >= 11 is 5.44. The van der Waals surface area contributed by atoms with Crippen LogP contribution >= 0.6 is 11.6 Å². The summed E-state index contributed by atoms with van der Waals surface area (Å²) in [4.78, 5) is 22.2. The maximum absolute atomic E-state index is 11.2. The summed E-state index contributed by atoms with van der Waals surface area (Å²) in [6.45, 7) is 6.84. The number of carbonyl (C=O) groups excluding carboxylic acids is 2. The molecule has 0 aromatic heterocycles. The Labute approximate surface area is 94.9 Å². The number of hydrogen-bond donors (Lipinski definition) is 0. The fraction of sp³-hybridized carbons (Fsp3) is 0.800. The monoisotopic (exact) mass is 236 g/mol. The van der Waals surface area contributed by atoms with Gasteiger partial charge in [-0.2, -0.15) is 0 Å². The highest BCUT2D eigenvalue weighted by Gasteiger charge is 2.17. The van der Waals surface area contributed by atoms with Crippen molar-refractivity contribution in [2.24, 2.45) is 0 Å². The maximum Gasteiger partial charge on any atom is 0.307 e. The molecule has 0 aliphatic rings. The average molecular weight is 237 g/mol. The molecule has 4 nitrogen and oxygen atoms in total. The summed E-state index contributed by atoms with van der Waals surface area (Å²) in [7, 11) is 0. The molecule has 0 radical (unpaired) electrons. The minimum Gasteiger partial charge on any atom is -0.460 e. The number of carbonyl (C=O) groups is 2. The van der Waals surface area contributed by atoms with Crippen molar-refractivity contribution < 1.29 is 19.1 Å². The summed E-state index contributed by atoms with van der Waals surface area (Å²) in [5, 5.41) is 0. The van der Waals surface area contributed by atoms with Crippen molar-refractivity contribution in [3.63, 3.8) is 0 Å². The zero-order chi connectivity index (χ0) is 12.1. The second-order valence-corrected chi connectivity index (χ2v) is 4.73. The second-order valence-electron chi connectivity index (χ2n) is 4.12. The largest absolute Gasteiger partial charge is 0.460 e. The van der Waals surface area contributed by atoms with Gasteiger partial charge in [0.1, 0.15) is 5.60 Å². The van der Waals surface area contributed by atoms with E-state index in [0.29, 0.717) is 0 Å². The molecule has 1 atom stereocenters. The number of halogens is 1. The molecule has 0 heterocycles. The zero-order valence-corrected chi connectivity index (χ0v) is 10.3. The van der Waals surface area contributed by atoms with Gasteiger partial charge in [0.15, 0.2) is 5.56 Å². The van der Waals surface area contributed by atoms with E-state index in [-0.39, 0.29) is 12.8 Å². The second kappa shape index (κ2) is 5.95. The lowest BCUT2D eigenvalue weighted by molar-refractivity contribution is -0.158. The summed E-state index contributed by atoms with van der Waals surface area (Å²) in [5.41, 5.74) is -1.20. The minimum atomic E-state index is -0.670. The molecule has 0 fully saturated rings. The topological polar surface area (TPSA) is 52.6 Å². The Morgan fingerprint density at radius 3 is 2.07 bits per heavy atom. The Morgan fingerprint density at radius 2 is 1.67 bits per heavy atom. The summed E-state index contributed by atoms with van der Waals surface area (Å²) in [5.74, 6) is -0.912. The van der Waals surface area contributed by atoms with E-state index in [1.165, 1.54) is 6.92 Å². The zero-order valence-electron chi connectivity index (χ0n) is 9.50. The van der Waals surface area contributed by atoms with Gasteiger partial charge in [-0.15, -0.1) is 0 Å². The standard InChI is InChI=1S/C10H17ClO4/c1-7(11)14-8(12)5-6-9(13)15-10(2,3)4/h7H,5-6H2,1-4H3. The van der Waals surface area contributed by atoms with E-state index in [1.54, 1.807) is 20.8 Å². The third-order valence-electron chi connectivity index (χ3n) is 1.25. The van der Waals surface area contributed by atoms with Crippen LogP contribution in [0.3, 0.4) is 0 Å². The molecule has 1 unspecified atom stereocenters. The highest BCUT2D eigenvalue weighted by molar-refractivity contribution is 6.19. The lowest BCUT2D eigenvalue weighted by Crippen LogP contribution is -2.24. The van der Waals surface area contributed by atoms with Gasteiger partial charge in [-0.3, -0.25) is 9.59 Å². The normalized spacial score (nSPS) is 13.1. The molecule has 0 bridgehead atoms. The Hall–Kier alpha value is -0.770. The first-order valence-corrected chi connectivity index (χ1v) is 5.20. The number of ether oxygens (including phenoxy) is 2. The van der Waals surface area contributed by atoms with Crippen molar-refractivity contribution in [3.8, 4) is 0 Å². The van der Waals surface area contributed by atoms with E-state index >= 15 is 0 Å². The van der Waals surface area contributed by atoms with E-state index in [9.17, 15) is 9.59 Å². The number of esters is 2. The van der Waals surface area contributed by atoms with E-state index < -0.39 is 23.1 Å². The summed E-state index contributed by atoms with van der Waals surface area (Å²) in [6.07, 6.45) is 0.00564. The van der Waals surface area contributed by atoms with Gasteiger partial charge in [0.05, 0.1) is 12.8 Å². The smallest absolute Gasteiger partial charge is 0.307 e. The molecule has 0 N–H and O–H groups in total. The van der Waals surface area contributed by atoms with Gasteiger partial charge in [0, 0.05) is 0 Å². The predicted octanol–water partition coefficient (Wildman–Crippen LogP) is 2.24. The predicted molar refractivity (Wildman–Crippen MR) is 56.5 cm³/mol. The highest BCUT2D eigenvalue weighted by Crippen LogP contribution is 2.09. The molecule has 0 aromatic carbocycles. The van der Waals surface area contributed by atoms with Crippen LogP contribution in [0.15, 0.2) is 0 Å². The number of rotatable bonds is 4. The molecule has 0 saturated carbocycles. The third kappa shape index (κ3) is 9.53. The van der Waals surface area contributed by atoms with Gasteiger partial charge in [0.2, 0.25) is 0 Å². The van der Waals surface area contributed by atoms with E-state index in [0.717, 1.165) is 0 Å². The van der Waals surface area contributed by atoms with Gasteiger partial charge in [0.25, 0.3) is 0 Å². The quantitative estimate of drug-likeness (QED) is 0.555.